The Morgan fingerprint density at radius 3 is 2.45 bits per heavy atom. The zero-order valence-corrected chi connectivity index (χ0v) is 18.1. The molecule has 29 heavy (non-hydrogen) atoms. The molecule has 0 saturated heterocycles. The van der Waals surface area contributed by atoms with Gasteiger partial charge in [-0.2, -0.15) is 0 Å². The number of hydrogen-bond acceptors (Lipinski definition) is 5. The van der Waals surface area contributed by atoms with Crippen molar-refractivity contribution in [2.75, 3.05) is 6.54 Å². The number of ether oxygens (including phenoxy) is 2. The molecule has 1 atom stereocenters. The highest BCUT2D eigenvalue weighted by molar-refractivity contribution is 7.92. The third kappa shape index (κ3) is 4.44. The van der Waals surface area contributed by atoms with Gasteiger partial charge in [-0.25, -0.2) is 17.6 Å². The van der Waals surface area contributed by atoms with E-state index in [1.165, 1.54) is 0 Å². The highest BCUT2D eigenvalue weighted by Gasteiger charge is 2.42. The number of halogens is 3. The molecule has 10 heteroatoms. The maximum atomic E-state index is 14.2. The lowest BCUT2D eigenvalue weighted by atomic mass is 10.0. The van der Waals surface area contributed by atoms with E-state index >= 15 is 0 Å². The molecule has 0 bridgehead atoms. The Labute approximate surface area is 177 Å². The van der Waals surface area contributed by atoms with Gasteiger partial charge in [0.05, 0.1) is 16.6 Å². The lowest BCUT2D eigenvalue weighted by Crippen LogP contribution is -2.40. The molecular formula is C19H18Cl2FNO5S. The summed E-state index contributed by atoms with van der Waals surface area (Å²) in [4.78, 5) is 11.5. The fourth-order valence-electron chi connectivity index (χ4n) is 2.81. The largest absolute Gasteiger partial charge is 0.470 e. The van der Waals surface area contributed by atoms with Crippen LogP contribution in [0.25, 0.3) is 11.1 Å². The molecule has 1 aliphatic heterocycles. The number of fused-ring (bicyclic) bond motifs is 1. The molecule has 1 aliphatic rings. The van der Waals surface area contributed by atoms with Crippen molar-refractivity contribution in [2.24, 2.45) is 0 Å². The maximum Gasteiger partial charge on any atom is 0.407 e. The number of sulfone groups is 1. The van der Waals surface area contributed by atoms with Crippen LogP contribution in [-0.2, 0) is 14.6 Å². The predicted octanol–water partition coefficient (Wildman–Crippen LogP) is 4.82. The van der Waals surface area contributed by atoms with Gasteiger partial charge in [0.25, 0.3) is 0 Å². The van der Waals surface area contributed by atoms with Crippen molar-refractivity contribution in [1.82, 2.24) is 5.32 Å². The second-order valence-electron chi connectivity index (χ2n) is 7.35. The molecule has 1 amide bonds. The molecule has 6 nitrogen and oxygen atoms in total. The topological polar surface area (TPSA) is 81.7 Å². The second kappa shape index (κ2) is 7.66. The molecule has 0 aromatic heterocycles. The van der Waals surface area contributed by atoms with Crippen LogP contribution in [0.15, 0.2) is 35.2 Å². The van der Waals surface area contributed by atoms with Gasteiger partial charge in [0.1, 0.15) is 22.1 Å². The Hall–Kier alpha value is -2.03. The smallest absolute Gasteiger partial charge is 0.407 e. The van der Waals surface area contributed by atoms with Crippen molar-refractivity contribution in [3.63, 3.8) is 0 Å². The normalized spacial score (nSPS) is 17.4. The van der Waals surface area contributed by atoms with Gasteiger partial charge in [-0.05, 0) is 45.0 Å². The highest BCUT2D eigenvalue weighted by atomic mass is 35.5. The third-order valence-corrected chi connectivity index (χ3v) is 6.47. The number of carbonyl (C=O) groups excluding carboxylic acids is 1. The molecule has 2 aromatic rings. The van der Waals surface area contributed by atoms with E-state index < -0.39 is 32.8 Å². The summed E-state index contributed by atoms with van der Waals surface area (Å²) in [5.41, 5.74) is -1.84. The van der Waals surface area contributed by atoms with E-state index in [9.17, 15) is 17.6 Å². The van der Waals surface area contributed by atoms with Crippen molar-refractivity contribution >= 4 is 39.1 Å². The zero-order valence-electron chi connectivity index (χ0n) is 15.8. The molecule has 156 valence electrons. The SMILES string of the molecule is CC(C)(C)OC(=O)NCC1Oc2c(-c3c(Cl)cccc3Cl)cc(F)cc2S1(=O)=O. The fraction of sp³-hybridized carbons (Fsp3) is 0.316. The lowest BCUT2D eigenvalue weighted by Gasteiger charge is -2.20. The molecule has 0 aliphatic carbocycles. The summed E-state index contributed by atoms with van der Waals surface area (Å²) in [5, 5.41) is 2.78. The van der Waals surface area contributed by atoms with Gasteiger partial charge in [0.2, 0.25) is 15.3 Å². The van der Waals surface area contributed by atoms with Crippen LogP contribution in [0.5, 0.6) is 5.75 Å². The second-order valence-corrected chi connectivity index (χ2v) is 10.2. The van der Waals surface area contributed by atoms with Crippen molar-refractivity contribution < 1.29 is 27.1 Å². The molecule has 1 heterocycles. The van der Waals surface area contributed by atoms with Gasteiger partial charge >= 0.3 is 6.09 Å². The molecule has 0 spiro atoms. The van der Waals surface area contributed by atoms with Gasteiger partial charge in [0, 0.05) is 11.1 Å². The van der Waals surface area contributed by atoms with E-state index in [0.717, 1.165) is 12.1 Å². The minimum Gasteiger partial charge on any atom is -0.470 e. The monoisotopic (exact) mass is 461 g/mol. The minimum atomic E-state index is -4.08. The molecule has 1 N–H and O–H groups in total. The van der Waals surface area contributed by atoms with Crippen molar-refractivity contribution in [2.45, 2.75) is 36.7 Å². The first-order chi connectivity index (χ1) is 13.4. The summed E-state index contributed by atoms with van der Waals surface area (Å²) in [6, 6.07) is 6.67. The van der Waals surface area contributed by atoms with Gasteiger partial charge < -0.3 is 14.8 Å². The summed E-state index contributed by atoms with van der Waals surface area (Å²) < 4.78 is 50.6. The third-order valence-electron chi connectivity index (χ3n) is 3.97. The van der Waals surface area contributed by atoms with E-state index in [1.807, 2.05) is 0 Å². The number of amides is 1. The summed E-state index contributed by atoms with van der Waals surface area (Å²) in [5.74, 6) is -0.861. The standard InChI is InChI=1S/C19H18Cl2FNO5S/c1-19(2,3)28-18(24)23-9-15-27-17-11(16-12(20)5-4-6-13(16)21)7-10(22)8-14(17)29(15,25)26/h4-8,15H,9H2,1-3H3,(H,23,24). The van der Waals surface area contributed by atoms with Crippen LogP contribution in [0.2, 0.25) is 10.0 Å². The van der Waals surface area contributed by atoms with Crippen LogP contribution >= 0.6 is 23.2 Å². The van der Waals surface area contributed by atoms with Crippen LogP contribution < -0.4 is 10.1 Å². The first-order valence-electron chi connectivity index (χ1n) is 8.55. The van der Waals surface area contributed by atoms with Crippen LogP contribution in [0.1, 0.15) is 20.8 Å². The van der Waals surface area contributed by atoms with Gasteiger partial charge in [-0.3, -0.25) is 0 Å². The number of hydrogen-bond donors (Lipinski definition) is 1. The van der Waals surface area contributed by atoms with Crippen molar-refractivity contribution in [1.29, 1.82) is 0 Å². The Bertz CT molecular complexity index is 1060. The van der Waals surface area contributed by atoms with Crippen LogP contribution in [0.4, 0.5) is 9.18 Å². The Kier molecular flexibility index (Phi) is 5.73. The Morgan fingerprint density at radius 2 is 1.86 bits per heavy atom. The highest BCUT2D eigenvalue weighted by Crippen LogP contribution is 2.47. The summed E-state index contributed by atoms with van der Waals surface area (Å²) >= 11 is 12.4. The van der Waals surface area contributed by atoms with Crippen LogP contribution in [0, 0.1) is 5.82 Å². The average molecular weight is 462 g/mol. The molecule has 1 unspecified atom stereocenters. The summed E-state index contributed by atoms with van der Waals surface area (Å²) in [6.07, 6.45) is -0.798. The van der Waals surface area contributed by atoms with Crippen molar-refractivity contribution in [3.8, 4) is 16.9 Å². The minimum absolute atomic E-state index is 0.0719. The van der Waals surface area contributed by atoms with Crippen LogP contribution in [0.3, 0.4) is 0 Å². The molecular weight excluding hydrogens is 444 g/mol. The zero-order chi connectivity index (χ0) is 21.6. The van der Waals surface area contributed by atoms with E-state index in [1.54, 1.807) is 39.0 Å². The van der Waals surface area contributed by atoms with E-state index in [-0.39, 0.29) is 38.4 Å². The Balaban J connectivity index is 1.97. The van der Waals surface area contributed by atoms with Gasteiger partial charge in [-0.15, -0.1) is 0 Å². The van der Waals surface area contributed by atoms with Gasteiger partial charge in [-0.1, -0.05) is 29.3 Å². The maximum absolute atomic E-state index is 14.2. The molecule has 3 rings (SSSR count). The van der Waals surface area contributed by atoms with E-state index in [0.29, 0.717) is 0 Å². The predicted molar refractivity (Wildman–Crippen MR) is 108 cm³/mol. The summed E-state index contributed by atoms with van der Waals surface area (Å²) in [7, 11) is -4.08. The quantitative estimate of drug-likeness (QED) is 0.708. The van der Waals surface area contributed by atoms with Crippen LogP contribution in [-0.4, -0.2) is 32.1 Å². The number of carbonyl (C=O) groups is 1. The molecule has 2 aromatic carbocycles. The van der Waals surface area contributed by atoms with Gasteiger partial charge in [0.15, 0.2) is 0 Å². The van der Waals surface area contributed by atoms with E-state index in [4.69, 9.17) is 32.7 Å². The average Bonchev–Trinajstić information content (AvgIpc) is 2.82. The molecule has 0 radical (unpaired) electrons. The molecule has 0 saturated carbocycles. The Morgan fingerprint density at radius 1 is 1.24 bits per heavy atom. The number of alkyl carbamates (subject to hydrolysis) is 1. The number of benzene rings is 2. The lowest BCUT2D eigenvalue weighted by molar-refractivity contribution is 0.0516. The molecule has 0 fully saturated rings. The first-order valence-corrected chi connectivity index (χ1v) is 10.9. The van der Waals surface area contributed by atoms with E-state index in [2.05, 4.69) is 5.32 Å². The van der Waals surface area contributed by atoms with Crippen molar-refractivity contribution in [3.05, 3.63) is 46.2 Å². The summed E-state index contributed by atoms with van der Waals surface area (Å²) in [6.45, 7) is 4.64. The number of rotatable bonds is 3. The fourth-order valence-corrected chi connectivity index (χ4v) is 4.91. The number of nitrogens with one attached hydrogen (secondary N) is 1. The first kappa shape index (κ1) is 21.7.